The summed E-state index contributed by atoms with van der Waals surface area (Å²) in [5.41, 5.74) is -7.46. The van der Waals surface area contributed by atoms with Crippen LogP contribution in [-0.4, -0.2) is 69.2 Å². The number of hydrogen-bond acceptors (Lipinski definition) is 8. The summed E-state index contributed by atoms with van der Waals surface area (Å²) < 4.78 is 96.0. The van der Waals surface area contributed by atoms with Gasteiger partial charge in [0.1, 0.15) is 16.6 Å². The van der Waals surface area contributed by atoms with Crippen LogP contribution in [0.15, 0.2) is 34.9 Å². The number of anilines is 1. The van der Waals surface area contributed by atoms with Crippen LogP contribution in [0.2, 0.25) is 0 Å². The third-order valence-electron chi connectivity index (χ3n) is 8.73. The molecule has 4 heterocycles. The van der Waals surface area contributed by atoms with Gasteiger partial charge in [-0.25, -0.2) is 4.79 Å². The van der Waals surface area contributed by atoms with E-state index in [2.05, 4.69) is 15.2 Å². The Morgan fingerprint density at radius 3 is 2.30 bits per heavy atom. The third-order valence-corrected chi connectivity index (χ3v) is 8.73. The monoisotopic (exact) mass is 613 g/mol. The first-order valence-electron chi connectivity index (χ1n) is 13.7. The number of hydrogen-bond donors (Lipinski definition) is 1. The van der Waals surface area contributed by atoms with Crippen molar-refractivity contribution in [3.63, 3.8) is 0 Å². The highest BCUT2D eigenvalue weighted by Gasteiger charge is 2.86. The number of rotatable bonds is 3. The van der Waals surface area contributed by atoms with Crippen molar-refractivity contribution in [2.24, 2.45) is 5.41 Å². The topological polar surface area (TPSA) is 105 Å². The highest BCUT2D eigenvalue weighted by atomic mass is 19.4. The molecular weight excluding hydrogens is 584 g/mol. The number of carbonyl (C=O) groups is 1. The Morgan fingerprint density at radius 1 is 1.00 bits per heavy atom. The van der Waals surface area contributed by atoms with Gasteiger partial charge in [-0.1, -0.05) is 0 Å². The molecule has 0 radical (unpaired) electrons. The summed E-state index contributed by atoms with van der Waals surface area (Å²) in [5.74, 6) is -0.536. The zero-order chi connectivity index (χ0) is 31.2. The predicted octanol–water partition coefficient (Wildman–Crippen LogP) is 5.57. The summed E-state index contributed by atoms with van der Waals surface area (Å²) in [6.45, 7) is 4.61. The van der Waals surface area contributed by atoms with E-state index in [1.165, 1.54) is 28.1 Å². The smallest absolute Gasteiger partial charge is 0.418 e. The summed E-state index contributed by atoms with van der Waals surface area (Å²) in [6.07, 6.45) is -9.08. The number of ether oxygens (including phenoxy) is 1. The Hall–Kier alpha value is -3.62. The molecule has 2 aromatic heterocycles. The number of carbonyl (C=O) groups excluding carboxylic acids is 1. The molecule has 2 saturated heterocycles. The largest absolute Gasteiger partial charge is 0.444 e. The second-order valence-corrected chi connectivity index (χ2v) is 12.6. The van der Waals surface area contributed by atoms with E-state index in [9.17, 15) is 36.2 Å². The highest BCUT2D eigenvalue weighted by Crippen LogP contribution is 2.75. The van der Waals surface area contributed by atoms with E-state index in [4.69, 9.17) is 9.15 Å². The quantitative estimate of drug-likeness (QED) is 0.383. The van der Waals surface area contributed by atoms with Gasteiger partial charge in [0.25, 0.3) is 0 Å². The van der Waals surface area contributed by atoms with E-state index in [0.717, 1.165) is 12.1 Å². The molecule has 0 bridgehead atoms. The molecule has 1 aliphatic carbocycles. The Morgan fingerprint density at radius 2 is 1.67 bits per heavy atom. The normalized spacial score (nSPS) is 25.6. The fourth-order valence-electron chi connectivity index (χ4n) is 6.44. The van der Waals surface area contributed by atoms with Gasteiger partial charge in [-0.2, -0.15) is 26.3 Å². The van der Waals surface area contributed by atoms with Crippen molar-refractivity contribution in [1.82, 2.24) is 20.1 Å². The molecule has 1 aromatic carbocycles. The van der Waals surface area contributed by atoms with E-state index in [1.54, 1.807) is 20.8 Å². The summed E-state index contributed by atoms with van der Waals surface area (Å²) in [7, 11) is 0. The second kappa shape index (κ2) is 9.19. The van der Waals surface area contributed by atoms with Gasteiger partial charge in [0.2, 0.25) is 11.8 Å². The number of fused-ring (bicyclic) bond motifs is 2. The molecule has 6 rings (SSSR count). The van der Waals surface area contributed by atoms with Gasteiger partial charge in [0.05, 0.1) is 16.5 Å². The molecule has 9 nitrogen and oxygen atoms in total. The molecule has 43 heavy (non-hydrogen) atoms. The first kappa shape index (κ1) is 29.5. The van der Waals surface area contributed by atoms with E-state index >= 15 is 0 Å². The van der Waals surface area contributed by atoms with Crippen molar-refractivity contribution in [3.05, 3.63) is 47.8 Å². The van der Waals surface area contributed by atoms with Crippen molar-refractivity contribution in [1.29, 1.82) is 0 Å². The lowest BCUT2D eigenvalue weighted by Gasteiger charge is -2.36. The SMILES string of the molecule is CC(C)(C)OC(=O)N1CCC(O)(c2nnc([C@]34CN(c5ccc(C(F)(F)F)c6ncccc56)C[C@@]3(C(F)(F)F)C4)o2)CC1. The van der Waals surface area contributed by atoms with Crippen LogP contribution in [0.25, 0.3) is 10.9 Å². The lowest BCUT2D eigenvalue weighted by molar-refractivity contribution is -0.187. The lowest BCUT2D eigenvalue weighted by atomic mass is 9.91. The van der Waals surface area contributed by atoms with Crippen LogP contribution in [0, 0.1) is 5.41 Å². The maximum absolute atomic E-state index is 14.6. The second-order valence-electron chi connectivity index (χ2n) is 12.6. The molecule has 1 amide bonds. The number of piperidine rings is 2. The summed E-state index contributed by atoms with van der Waals surface area (Å²) in [6, 6.07) is 4.81. The van der Waals surface area contributed by atoms with Gasteiger partial charge >= 0.3 is 18.4 Å². The molecular formula is C28H29F6N5O4. The van der Waals surface area contributed by atoms with Crippen LogP contribution in [0.5, 0.6) is 0 Å². The summed E-state index contributed by atoms with van der Waals surface area (Å²) >= 11 is 0. The van der Waals surface area contributed by atoms with Crippen molar-refractivity contribution in [2.75, 3.05) is 31.1 Å². The standard InChI is InChI=1S/C28H29F6N5O4/c1-23(2,3)43-22(40)38-11-8-25(41,9-12-38)21-37-36-20(42-21)24-13-26(24,28(32,33)34)15-39(14-24)18-7-6-17(27(29,30)31)19-16(18)5-4-10-35-19/h4-7,10,41H,8-9,11-15H2,1-3H3/t24-,26-/m0/s1. The number of alkyl halides is 6. The number of halogens is 6. The van der Waals surface area contributed by atoms with E-state index in [1.807, 2.05) is 0 Å². The Bertz CT molecular complexity index is 1580. The minimum absolute atomic E-state index is 0.00194. The number of amides is 1. The van der Waals surface area contributed by atoms with Gasteiger partial charge in [-0.15, -0.1) is 10.2 Å². The molecule has 3 fully saturated rings. The van der Waals surface area contributed by atoms with Gasteiger partial charge in [-0.3, -0.25) is 4.98 Å². The van der Waals surface area contributed by atoms with Crippen molar-refractivity contribution >= 4 is 22.7 Å². The Labute approximate surface area is 241 Å². The van der Waals surface area contributed by atoms with Gasteiger partial charge in [-0.05, 0) is 51.5 Å². The zero-order valence-corrected chi connectivity index (χ0v) is 23.5. The summed E-state index contributed by atoms with van der Waals surface area (Å²) in [5, 5.41) is 19.3. The molecule has 3 aromatic rings. The molecule has 2 atom stereocenters. The first-order valence-corrected chi connectivity index (χ1v) is 13.7. The minimum atomic E-state index is -4.70. The fraction of sp³-hybridized carbons (Fsp3) is 0.571. The minimum Gasteiger partial charge on any atom is -0.444 e. The van der Waals surface area contributed by atoms with E-state index in [0.29, 0.717) is 0 Å². The summed E-state index contributed by atoms with van der Waals surface area (Å²) in [4.78, 5) is 19.1. The van der Waals surface area contributed by atoms with Gasteiger partial charge in [0.15, 0.2) is 0 Å². The molecule has 0 spiro atoms. The van der Waals surface area contributed by atoms with Gasteiger partial charge in [0, 0.05) is 56.3 Å². The van der Waals surface area contributed by atoms with Crippen LogP contribution in [0.4, 0.5) is 36.8 Å². The van der Waals surface area contributed by atoms with Crippen LogP contribution >= 0.6 is 0 Å². The predicted molar refractivity (Wildman–Crippen MR) is 139 cm³/mol. The number of aromatic nitrogens is 3. The molecule has 2 aliphatic heterocycles. The number of nitrogens with zero attached hydrogens (tertiary/aromatic N) is 5. The third kappa shape index (κ3) is 4.66. The van der Waals surface area contributed by atoms with Crippen molar-refractivity contribution in [3.8, 4) is 0 Å². The molecule has 1 N–H and O–H groups in total. The molecule has 15 heteroatoms. The average molecular weight is 614 g/mol. The molecule has 0 unspecified atom stereocenters. The highest BCUT2D eigenvalue weighted by molar-refractivity contribution is 5.94. The Kier molecular flexibility index (Phi) is 6.30. The van der Waals surface area contributed by atoms with Crippen LogP contribution in [0.3, 0.4) is 0 Å². The zero-order valence-electron chi connectivity index (χ0n) is 23.5. The first-order chi connectivity index (χ1) is 19.9. The number of likely N-dealkylation sites (tertiary alicyclic amines) is 1. The van der Waals surface area contributed by atoms with Gasteiger partial charge < -0.3 is 24.1 Å². The number of pyridine rings is 1. The van der Waals surface area contributed by atoms with Crippen LogP contribution < -0.4 is 4.90 Å². The number of aliphatic hydroxyl groups is 1. The van der Waals surface area contributed by atoms with Crippen molar-refractivity contribution < 1.29 is 45.4 Å². The fourth-order valence-corrected chi connectivity index (χ4v) is 6.44. The molecule has 232 valence electrons. The Balaban J connectivity index is 1.28. The molecule has 1 saturated carbocycles. The van der Waals surface area contributed by atoms with Crippen molar-refractivity contribution in [2.45, 2.75) is 69.0 Å². The number of benzene rings is 1. The maximum atomic E-state index is 14.6. The lowest BCUT2D eigenvalue weighted by Crippen LogP contribution is -2.47. The van der Waals surface area contributed by atoms with Crippen LogP contribution in [-0.2, 0) is 21.9 Å². The van der Waals surface area contributed by atoms with Crippen LogP contribution in [0.1, 0.15) is 57.4 Å². The average Bonchev–Trinajstić information content (AvgIpc) is 3.22. The van der Waals surface area contributed by atoms with E-state index in [-0.39, 0.29) is 67.3 Å². The van der Waals surface area contributed by atoms with E-state index < -0.39 is 52.6 Å². The molecule has 3 aliphatic rings. The maximum Gasteiger partial charge on any atom is 0.418 e.